The number of aryl methyl sites for hydroxylation is 1. The Labute approximate surface area is 152 Å². The largest absolute Gasteiger partial charge is 0.496 e. The number of rotatable bonds is 5. The van der Waals surface area contributed by atoms with E-state index in [1.54, 1.807) is 18.4 Å². The predicted octanol–water partition coefficient (Wildman–Crippen LogP) is 3.13. The van der Waals surface area contributed by atoms with Crippen molar-refractivity contribution in [2.45, 2.75) is 19.9 Å². The Kier molecular flexibility index (Phi) is 4.26. The Morgan fingerprint density at radius 1 is 1.31 bits per heavy atom. The lowest BCUT2D eigenvalue weighted by Gasteiger charge is -2.03. The molecule has 0 aliphatic carbocycles. The molecule has 0 saturated carbocycles. The van der Waals surface area contributed by atoms with E-state index in [9.17, 15) is 4.79 Å². The van der Waals surface area contributed by atoms with Crippen LogP contribution < -0.4 is 10.3 Å². The minimum absolute atomic E-state index is 0.108. The molecule has 0 spiro atoms. The normalized spacial score (nSPS) is 11.2. The second-order valence-corrected chi connectivity index (χ2v) is 6.79. The molecule has 4 aromatic rings. The first kappa shape index (κ1) is 16.5. The summed E-state index contributed by atoms with van der Waals surface area (Å²) in [6.07, 6.45) is 2.40. The van der Waals surface area contributed by atoms with Crippen LogP contribution in [0.25, 0.3) is 21.6 Å². The number of hydrogen-bond acceptors (Lipinski definition) is 7. The van der Waals surface area contributed by atoms with Gasteiger partial charge in [-0.1, -0.05) is 24.2 Å². The molecule has 4 rings (SSSR count). The first-order valence-corrected chi connectivity index (χ1v) is 8.95. The van der Waals surface area contributed by atoms with Crippen LogP contribution in [0.15, 0.2) is 46.0 Å². The molecular weight excluding hydrogens is 352 g/mol. The van der Waals surface area contributed by atoms with E-state index in [0.29, 0.717) is 22.9 Å². The Morgan fingerprint density at radius 3 is 2.96 bits per heavy atom. The van der Waals surface area contributed by atoms with Crippen LogP contribution in [0.5, 0.6) is 5.75 Å². The molecule has 3 heterocycles. The number of fused-ring (bicyclic) bond motifs is 1. The molecule has 0 saturated heterocycles. The van der Waals surface area contributed by atoms with Crippen molar-refractivity contribution in [1.29, 1.82) is 0 Å². The van der Waals surface area contributed by atoms with Crippen molar-refractivity contribution < 1.29 is 9.26 Å². The van der Waals surface area contributed by atoms with Gasteiger partial charge in [0, 0.05) is 4.88 Å². The minimum Gasteiger partial charge on any atom is -0.496 e. The molecule has 0 atom stereocenters. The maximum absolute atomic E-state index is 12.7. The second kappa shape index (κ2) is 6.72. The lowest BCUT2D eigenvalue weighted by molar-refractivity contribution is 0.369. The third-order valence-electron chi connectivity index (χ3n) is 4.04. The molecule has 0 unspecified atom stereocenters. The highest BCUT2D eigenvalue weighted by molar-refractivity contribution is 7.18. The Morgan fingerprint density at radius 2 is 2.15 bits per heavy atom. The summed E-state index contributed by atoms with van der Waals surface area (Å²) in [5, 5.41) is 4.62. The number of aromatic nitrogens is 4. The quantitative estimate of drug-likeness (QED) is 0.538. The Balaban J connectivity index is 1.66. The zero-order valence-electron chi connectivity index (χ0n) is 14.3. The predicted molar refractivity (Wildman–Crippen MR) is 98.6 cm³/mol. The molecule has 1 aromatic carbocycles. The van der Waals surface area contributed by atoms with Gasteiger partial charge in [0.25, 0.3) is 5.56 Å². The van der Waals surface area contributed by atoms with Gasteiger partial charge in [-0.05, 0) is 24.6 Å². The van der Waals surface area contributed by atoms with Crippen molar-refractivity contribution in [2.75, 3.05) is 7.11 Å². The van der Waals surface area contributed by atoms with Crippen LogP contribution in [-0.4, -0.2) is 26.8 Å². The van der Waals surface area contributed by atoms with Gasteiger partial charge in [-0.3, -0.25) is 9.36 Å². The highest BCUT2D eigenvalue weighted by atomic mass is 32.1. The maximum Gasteiger partial charge on any atom is 0.262 e. The summed E-state index contributed by atoms with van der Waals surface area (Å²) in [5.41, 5.74) is 0.624. The molecule has 0 aliphatic heterocycles. The standard InChI is InChI=1S/C18H16N4O3S/c1-3-11-8-13-17(26-11)19-10-22(18(13)23)9-15-20-16(21-25-15)12-6-4-5-7-14(12)24-2/h4-8,10H,3,9H2,1-2H3. The smallest absolute Gasteiger partial charge is 0.262 e. The fraction of sp³-hybridized carbons (Fsp3) is 0.222. The molecule has 8 heteroatoms. The molecule has 3 aromatic heterocycles. The number of hydrogen-bond donors (Lipinski definition) is 0. The van der Waals surface area contributed by atoms with Crippen molar-refractivity contribution in [3.05, 3.63) is 57.8 Å². The zero-order chi connectivity index (χ0) is 18.1. The first-order chi connectivity index (χ1) is 12.7. The summed E-state index contributed by atoms with van der Waals surface area (Å²) >= 11 is 1.54. The summed E-state index contributed by atoms with van der Waals surface area (Å²) < 4.78 is 12.1. The number of ether oxygens (including phenoxy) is 1. The number of nitrogens with zero attached hydrogens (tertiary/aromatic N) is 4. The molecule has 0 aliphatic rings. The molecule has 132 valence electrons. The number of para-hydroxylation sites is 1. The third-order valence-corrected chi connectivity index (χ3v) is 5.23. The average molecular weight is 368 g/mol. The van der Waals surface area contributed by atoms with E-state index in [1.165, 1.54) is 10.9 Å². The van der Waals surface area contributed by atoms with E-state index in [0.717, 1.165) is 21.7 Å². The number of benzene rings is 1. The lowest BCUT2D eigenvalue weighted by atomic mass is 10.2. The van der Waals surface area contributed by atoms with Gasteiger partial charge in [0.15, 0.2) is 0 Å². The summed E-state index contributed by atoms with van der Waals surface area (Å²) in [6, 6.07) is 9.33. The summed E-state index contributed by atoms with van der Waals surface area (Å²) in [5.74, 6) is 1.41. The van der Waals surface area contributed by atoms with Crippen molar-refractivity contribution >= 4 is 21.6 Å². The SMILES string of the molecule is CCc1cc2c(=O)n(Cc3nc(-c4ccccc4OC)no3)cnc2s1. The van der Waals surface area contributed by atoms with Crippen molar-refractivity contribution in [3.8, 4) is 17.1 Å². The van der Waals surface area contributed by atoms with Gasteiger partial charge in [0.1, 0.15) is 17.1 Å². The molecule has 0 radical (unpaired) electrons. The van der Waals surface area contributed by atoms with Gasteiger partial charge < -0.3 is 9.26 Å². The van der Waals surface area contributed by atoms with Gasteiger partial charge in [0.2, 0.25) is 11.7 Å². The molecule has 0 bridgehead atoms. The highest BCUT2D eigenvalue weighted by Gasteiger charge is 2.15. The monoisotopic (exact) mass is 368 g/mol. The van der Waals surface area contributed by atoms with Gasteiger partial charge in [-0.2, -0.15) is 4.98 Å². The fourth-order valence-electron chi connectivity index (χ4n) is 2.70. The molecule has 7 nitrogen and oxygen atoms in total. The van der Waals surface area contributed by atoms with Crippen LogP contribution >= 0.6 is 11.3 Å². The molecule has 26 heavy (non-hydrogen) atoms. The van der Waals surface area contributed by atoms with E-state index in [4.69, 9.17) is 9.26 Å². The topological polar surface area (TPSA) is 83.0 Å². The van der Waals surface area contributed by atoms with Crippen molar-refractivity contribution in [2.24, 2.45) is 0 Å². The molecule has 0 amide bonds. The molecular formula is C18H16N4O3S. The molecule has 0 fully saturated rings. The maximum atomic E-state index is 12.7. The van der Waals surface area contributed by atoms with Crippen LogP contribution in [0.1, 0.15) is 17.7 Å². The van der Waals surface area contributed by atoms with Gasteiger partial charge in [0.05, 0.1) is 24.4 Å². The van der Waals surface area contributed by atoms with Gasteiger partial charge in [-0.25, -0.2) is 4.98 Å². The lowest BCUT2D eigenvalue weighted by Crippen LogP contribution is -2.20. The summed E-state index contributed by atoms with van der Waals surface area (Å²) in [6.45, 7) is 2.22. The molecule has 0 N–H and O–H groups in total. The zero-order valence-corrected chi connectivity index (χ0v) is 15.1. The third kappa shape index (κ3) is 2.88. The fourth-order valence-corrected chi connectivity index (χ4v) is 3.63. The Hall–Kier alpha value is -3.00. The first-order valence-electron chi connectivity index (χ1n) is 8.13. The highest BCUT2D eigenvalue weighted by Crippen LogP contribution is 2.27. The van der Waals surface area contributed by atoms with E-state index < -0.39 is 0 Å². The van der Waals surface area contributed by atoms with Crippen LogP contribution in [0.3, 0.4) is 0 Å². The minimum atomic E-state index is -0.108. The van der Waals surface area contributed by atoms with Crippen LogP contribution in [0, 0.1) is 0 Å². The van der Waals surface area contributed by atoms with Crippen molar-refractivity contribution in [3.63, 3.8) is 0 Å². The van der Waals surface area contributed by atoms with E-state index in [-0.39, 0.29) is 12.1 Å². The number of thiophene rings is 1. The van der Waals surface area contributed by atoms with E-state index in [1.807, 2.05) is 30.3 Å². The van der Waals surface area contributed by atoms with Crippen LogP contribution in [0.2, 0.25) is 0 Å². The van der Waals surface area contributed by atoms with E-state index >= 15 is 0 Å². The summed E-state index contributed by atoms with van der Waals surface area (Å²) in [7, 11) is 1.59. The van der Waals surface area contributed by atoms with Crippen LogP contribution in [0.4, 0.5) is 0 Å². The van der Waals surface area contributed by atoms with Crippen LogP contribution in [-0.2, 0) is 13.0 Å². The van der Waals surface area contributed by atoms with Gasteiger partial charge >= 0.3 is 0 Å². The van der Waals surface area contributed by atoms with Gasteiger partial charge in [-0.15, -0.1) is 11.3 Å². The number of methoxy groups -OCH3 is 1. The second-order valence-electron chi connectivity index (χ2n) is 5.67. The van der Waals surface area contributed by atoms with Crippen molar-refractivity contribution in [1.82, 2.24) is 19.7 Å². The average Bonchev–Trinajstić information content (AvgIpc) is 3.31. The van der Waals surface area contributed by atoms with E-state index in [2.05, 4.69) is 22.0 Å². The Bertz CT molecular complexity index is 1130. The summed E-state index contributed by atoms with van der Waals surface area (Å²) in [4.78, 5) is 23.3.